The van der Waals surface area contributed by atoms with Gasteiger partial charge in [-0.15, -0.1) is 0 Å². The third kappa shape index (κ3) is 6.06. The van der Waals surface area contributed by atoms with Crippen molar-refractivity contribution in [1.82, 2.24) is 5.32 Å². The van der Waals surface area contributed by atoms with Gasteiger partial charge in [0.1, 0.15) is 6.61 Å². The van der Waals surface area contributed by atoms with Crippen molar-refractivity contribution in [3.8, 4) is 11.1 Å². The molecule has 2 aromatic carbocycles. The van der Waals surface area contributed by atoms with Gasteiger partial charge in [-0.3, -0.25) is 9.59 Å². The van der Waals surface area contributed by atoms with E-state index in [-0.39, 0.29) is 30.7 Å². The predicted octanol–water partition coefficient (Wildman–Crippen LogP) is 4.11. The Bertz CT molecular complexity index is 1020. The monoisotopic (exact) mass is 453 g/mol. The van der Waals surface area contributed by atoms with Crippen molar-refractivity contribution in [1.29, 1.82) is 0 Å². The number of amides is 1. The van der Waals surface area contributed by atoms with Crippen LogP contribution < -0.4 is 5.32 Å². The van der Waals surface area contributed by atoms with Crippen LogP contribution in [0, 0.1) is 0 Å². The highest BCUT2D eigenvalue weighted by molar-refractivity contribution is 5.98. The minimum atomic E-state index is -0.529. The van der Waals surface area contributed by atoms with E-state index >= 15 is 0 Å². The van der Waals surface area contributed by atoms with Crippen LogP contribution in [0.4, 0.5) is 4.79 Å². The largest absolute Gasteiger partial charge is 0.449 e. The molecule has 0 heterocycles. The molecule has 0 saturated heterocycles. The molecular formula is C26H31NO6. The third-order valence-corrected chi connectivity index (χ3v) is 5.85. The first-order chi connectivity index (χ1) is 16.0. The lowest BCUT2D eigenvalue weighted by Crippen LogP contribution is -2.22. The standard InChI is InChI=1S/C26H31NO6/c1-17(29)18-7-9-20-21-10-8-19(25(30)6-5-13-32-12-4-3-11-28)15-23(21)24(22(20)14-18)16-33-26(31)27-2/h7-10,14-15,24,28H,3-6,11-13,16H2,1-2H3,(H,27,31). The summed E-state index contributed by atoms with van der Waals surface area (Å²) in [6.45, 7) is 2.88. The molecule has 1 aliphatic carbocycles. The van der Waals surface area contributed by atoms with Crippen molar-refractivity contribution in [3.63, 3.8) is 0 Å². The number of carbonyl (C=O) groups excluding carboxylic acids is 3. The average Bonchev–Trinajstić information content (AvgIpc) is 3.13. The number of carbonyl (C=O) groups is 3. The quantitative estimate of drug-likeness (QED) is 0.370. The molecule has 2 N–H and O–H groups in total. The van der Waals surface area contributed by atoms with Crippen LogP contribution >= 0.6 is 0 Å². The topological polar surface area (TPSA) is 102 Å². The number of aliphatic hydroxyl groups excluding tert-OH is 1. The van der Waals surface area contributed by atoms with Crippen molar-refractivity contribution < 1.29 is 29.0 Å². The van der Waals surface area contributed by atoms with Crippen molar-refractivity contribution >= 4 is 17.7 Å². The van der Waals surface area contributed by atoms with Gasteiger partial charge in [-0.2, -0.15) is 0 Å². The van der Waals surface area contributed by atoms with E-state index in [1.54, 1.807) is 6.07 Å². The zero-order chi connectivity index (χ0) is 23.8. The summed E-state index contributed by atoms with van der Waals surface area (Å²) in [4.78, 5) is 36.4. The molecule has 0 aromatic heterocycles. The van der Waals surface area contributed by atoms with Gasteiger partial charge in [0.05, 0.1) is 0 Å². The van der Waals surface area contributed by atoms with Crippen LogP contribution in [0.5, 0.6) is 0 Å². The minimum absolute atomic E-state index is 0.0307. The van der Waals surface area contributed by atoms with E-state index in [9.17, 15) is 14.4 Å². The van der Waals surface area contributed by atoms with Crippen LogP contribution in [0.2, 0.25) is 0 Å². The van der Waals surface area contributed by atoms with Gasteiger partial charge in [-0.05, 0) is 60.6 Å². The molecule has 0 fully saturated rings. The van der Waals surface area contributed by atoms with E-state index in [2.05, 4.69) is 5.32 Å². The molecule has 1 unspecified atom stereocenters. The lowest BCUT2D eigenvalue weighted by molar-refractivity contribution is 0.0929. The first-order valence-corrected chi connectivity index (χ1v) is 11.3. The SMILES string of the molecule is CNC(=O)OCC1c2cc(C(C)=O)ccc2-c2ccc(C(=O)CCCOCCCCO)cc21. The fraction of sp³-hybridized carbons (Fsp3) is 0.423. The molecule has 7 nitrogen and oxygen atoms in total. The van der Waals surface area contributed by atoms with E-state index in [0.29, 0.717) is 37.2 Å². The average molecular weight is 454 g/mol. The molecule has 3 rings (SSSR count). The van der Waals surface area contributed by atoms with Gasteiger partial charge in [0.25, 0.3) is 0 Å². The van der Waals surface area contributed by atoms with Gasteiger partial charge in [0, 0.05) is 50.3 Å². The summed E-state index contributed by atoms with van der Waals surface area (Å²) in [5.41, 5.74) is 5.01. The van der Waals surface area contributed by atoms with E-state index in [1.165, 1.54) is 14.0 Å². The minimum Gasteiger partial charge on any atom is -0.449 e. The zero-order valence-electron chi connectivity index (χ0n) is 19.2. The number of ketones is 2. The van der Waals surface area contributed by atoms with E-state index < -0.39 is 6.09 Å². The molecule has 1 aliphatic rings. The third-order valence-electron chi connectivity index (χ3n) is 5.85. The van der Waals surface area contributed by atoms with E-state index in [1.807, 2.05) is 30.3 Å². The molecule has 2 aromatic rings. The normalized spacial score (nSPS) is 13.8. The van der Waals surface area contributed by atoms with Gasteiger partial charge < -0.3 is 19.9 Å². The maximum Gasteiger partial charge on any atom is 0.406 e. The van der Waals surface area contributed by atoms with E-state index in [0.717, 1.165) is 35.1 Å². The summed E-state index contributed by atoms with van der Waals surface area (Å²) in [6.07, 6.45) is 1.99. The second kappa shape index (κ2) is 11.7. The summed E-state index contributed by atoms with van der Waals surface area (Å²) < 4.78 is 10.9. The van der Waals surface area contributed by atoms with Crippen LogP contribution in [0.25, 0.3) is 11.1 Å². The second-order valence-electron chi connectivity index (χ2n) is 8.13. The molecule has 176 valence electrons. The van der Waals surface area contributed by atoms with Crippen molar-refractivity contribution in [2.45, 2.75) is 38.5 Å². The Morgan fingerprint density at radius 1 is 0.939 bits per heavy atom. The molecule has 0 radical (unpaired) electrons. The summed E-state index contributed by atoms with van der Waals surface area (Å²) in [6, 6.07) is 11.2. The zero-order valence-corrected chi connectivity index (χ0v) is 19.2. The van der Waals surface area contributed by atoms with Gasteiger partial charge >= 0.3 is 6.09 Å². The second-order valence-corrected chi connectivity index (χ2v) is 8.13. The molecule has 33 heavy (non-hydrogen) atoms. The summed E-state index contributed by atoms with van der Waals surface area (Å²) >= 11 is 0. The fourth-order valence-electron chi connectivity index (χ4n) is 4.06. The molecule has 7 heteroatoms. The summed E-state index contributed by atoms with van der Waals surface area (Å²) in [5.74, 6) is -0.258. The number of ether oxygens (including phenoxy) is 2. The first kappa shape index (κ1) is 24.6. The Balaban J connectivity index is 1.76. The molecule has 0 saturated carbocycles. The Labute approximate surface area is 194 Å². The number of hydrogen-bond donors (Lipinski definition) is 2. The number of alkyl carbamates (subject to hydrolysis) is 1. The Morgan fingerprint density at radius 2 is 1.58 bits per heavy atom. The number of fused-ring (bicyclic) bond motifs is 3. The maximum atomic E-state index is 12.8. The molecule has 1 atom stereocenters. The van der Waals surface area contributed by atoms with Gasteiger partial charge in [0.2, 0.25) is 0 Å². The van der Waals surface area contributed by atoms with Crippen LogP contribution in [0.1, 0.15) is 70.4 Å². The van der Waals surface area contributed by atoms with Crippen molar-refractivity contribution in [3.05, 3.63) is 58.7 Å². The fourth-order valence-corrected chi connectivity index (χ4v) is 4.06. The number of hydrogen-bond acceptors (Lipinski definition) is 6. The molecule has 1 amide bonds. The first-order valence-electron chi connectivity index (χ1n) is 11.3. The maximum absolute atomic E-state index is 12.8. The number of nitrogens with one attached hydrogen (secondary N) is 1. The number of unbranched alkanes of at least 4 members (excludes halogenated alkanes) is 1. The van der Waals surface area contributed by atoms with Crippen molar-refractivity contribution in [2.24, 2.45) is 0 Å². The predicted molar refractivity (Wildman–Crippen MR) is 125 cm³/mol. The van der Waals surface area contributed by atoms with Crippen molar-refractivity contribution in [2.75, 3.05) is 33.5 Å². The van der Waals surface area contributed by atoms with Crippen LogP contribution in [0.3, 0.4) is 0 Å². The molecule has 0 bridgehead atoms. The van der Waals surface area contributed by atoms with Gasteiger partial charge in [-0.25, -0.2) is 4.79 Å². The summed E-state index contributed by atoms with van der Waals surface area (Å²) in [5, 5.41) is 11.2. The highest BCUT2D eigenvalue weighted by atomic mass is 16.5. The lowest BCUT2D eigenvalue weighted by Gasteiger charge is -2.15. The Morgan fingerprint density at radius 3 is 2.21 bits per heavy atom. The Kier molecular flexibility index (Phi) is 8.74. The highest BCUT2D eigenvalue weighted by Crippen LogP contribution is 2.45. The molecule has 0 spiro atoms. The number of rotatable bonds is 12. The van der Waals surface area contributed by atoms with Crippen LogP contribution in [0.15, 0.2) is 36.4 Å². The van der Waals surface area contributed by atoms with Gasteiger partial charge in [0.15, 0.2) is 11.6 Å². The van der Waals surface area contributed by atoms with Gasteiger partial charge in [-0.1, -0.05) is 24.3 Å². The van der Waals surface area contributed by atoms with Crippen LogP contribution in [-0.4, -0.2) is 56.2 Å². The molecule has 0 aliphatic heterocycles. The summed E-state index contributed by atoms with van der Waals surface area (Å²) in [7, 11) is 1.50. The van der Waals surface area contributed by atoms with E-state index in [4.69, 9.17) is 14.6 Å². The number of benzene rings is 2. The molecular weight excluding hydrogens is 422 g/mol. The Hall–Kier alpha value is -3.03. The lowest BCUT2D eigenvalue weighted by atomic mass is 9.94. The number of Topliss-reactive ketones (excluding diaryl/α,β-unsaturated/α-hetero) is 2. The highest BCUT2D eigenvalue weighted by Gasteiger charge is 2.31. The van der Waals surface area contributed by atoms with Crippen LogP contribution in [-0.2, 0) is 9.47 Å². The number of aliphatic hydroxyl groups is 1. The smallest absolute Gasteiger partial charge is 0.406 e.